The molecule has 0 saturated heterocycles. The lowest BCUT2D eigenvalue weighted by Crippen LogP contribution is -2.40. The first-order valence-corrected chi connectivity index (χ1v) is 12.6. The van der Waals surface area contributed by atoms with Crippen molar-refractivity contribution in [3.8, 4) is 11.5 Å². The number of benzene rings is 3. The summed E-state index contributed by atoms with van der Waals surface area (Å²) in [5, 5.41) is 10.2. The molecule has 1 aliphatic rings. The summed E-state index contributed by atoms with van der Waals surface area (Å²) in [7, 11) is 1.45. The van der Waals surface area contributed by atoms with Gasteiger partial charge in [-0.1, -0.05) is 59.9 Å². The molecule has 1 aromatic heterocycles. The molecule has 192 valence electrons. The van der Waals surface area contributed by atoms with E-state index in [0.29, 0.717) is 37.5 Å². The first-order valence-electron chi connectivity index (χ1n) is 11.8. The molecule has 2 heterocycles. The van der Waals surface area contributed by atoms with E-state index in [9.17, 15) is 19.1 Å². The average Bonchev–Trinajstić information content (AvgIpc) is 3.23. The molecule has 38 heavy (non-hydrogen) atoms. The summed E-state index contributed by atoms with van der Waals surface area (Å²) >= 11 is 1.15. The molecule has 3 aromatic carbocycles. The predicted octanol–water partition coefficient (Wildman–Crippen LogP) is 3.79. The van der Waals surface area contributed by atoms with Crippen LogP contribution in [0.15, 0.2) is 88.2 Å². The van der Waals surface area contributed by atoms with E-state index in [2.05, 4.69) is 0 Å². The molecule has 1 aliphatic heterocycles. The number of methoxy groups -OCH3 is 1. The van der Waals surface area contributed by atoms with Crippen LogP contribution in [0.2, 0.25) is 0 Å². The molecule has 0 saturated carbocycles. The minimum Gasteiger partial charge on any atom is -0.504 e. The highest BCUT2D eigenvalue weighted by molar-refractivity contribution is 7.07. The van der Waals surface area contributed by atoms with Crippen LogP contribution in [0.4, 0.5) is 4.39 Å². The minimum absolute atomic E-state index is 0.0609. The zero-order valence-electron chi connectivity index (χ0n) is 20.6. The number of halogens is 1. The van der Waals surface area contributed by atoms with Gasteiger partial charge in [-0.15, -0.1) is 0 Å². The summed E-state index contributed by atoms with van der Waals surface area (Å²) in [4.78, 5) is 32.3. The van der Waals surface area contributed by atoms with Crippen LogP contribution < -0.4 is 19.6 Å². The van der Waals surface area contributed by atoms with Gasteiger partial charge in [-0.2, -0.15) is 0 Å². The van der Waals surface area contributed by atoms with E-state index in [4.69, 9.17) is 14.5 Å². The second kappa shape index (κ2) is 10.5. The standard InChI is InChI=1S/C29H23FN2O5S/c1-3-37-28(35)24-25(18-7-5-4-6-8-18)31-29-32(26(24)19-10-12-20(30)13-11-19)27(34)23(38-29)16-17-9-14-22(36-2)21(33)15-17/h4-16,26,33H,3H2,1-2H3/b23-16-/t26-/m1/s1. The highest BCUT2D eigenvalue weighted by atomic mass is 32.1. The van der Waals surface area contributed by atoms with Crippen molar-refractivity contribution in [2.24, 2.45) is 4.99 Å². The fourth-order valence-electron chi connectivity index (χ4n) is 4.35. The zero-order chi connectivity index (χ0) is 26.8. The molecule has 0 aliphatic carbocycles. The third-order valence-electron chi connectivity index (χ3n) is 6.06. The number of aromatic nitrogens is 1. The third-order valence-corrected chi connectivity index (χ3v) is 7.04. The average molecular weight is 531 g/mol. The van der Waals surface area contributed by atoms with Crippen LogP contribution in [0.25, 0.3) is 11.8 Å². The van der Waals surface area contributed by atoms with Crippen molar-refractivity contribution in [2.75, 3.05) is 13.7 Å². The normalized spacial score (nSPS) is 15.1. The first kappa shape index (κ1) is 25.2. The van der Waals surface area contributed by atoms with E-state index in [-0.39, 0.29) is 23.5 Å². The van der Waals surface area contributed by atoms with Crippen molar-refractivity contribution in [2.45, 2.75) is 13.0 Å². The number of hydrogen-bond donors (Lipinski definition) is 1. The molecule has 0 radical (unpaired) electrons. The van der Waals surface area contributed by atoms with Crippen molar-refractivity contribution in [3.63, 3.8) is 0 Å². The van der Waals surface area contributed by atoms with Gasteiger partial charge in [0.25, 0.3) is 5.56 Å². The number of phenols is 1. The lowest BCUT2D eigenvalue weighted by atomic mass is 9.93. The van der Waals surface area contributed by atoms with Crippen LogP contribution >= 0.6 is 11.3 Å². The number of nitrogens with zero attached hydrogens (tertiary/aromatic N) is 2. The Balaban J connectivity index is 1.80. The molecule has 0 bridgehead atoms. The van der Waals surface area contributed by atoms with Gasteiger partial charge in [-0.3, -0.25) is 9.36 Å². The molecule has 0 unspecified atom stereocenters. The van der Waals surface area contributed by atoms with Gasteiger partial charge in [-0.25, -0.2) is 14.2 Å². The number of aromatic hydroxyl groups is 1. The Morgan fingerprint density at radius 3 is 2.53 bits per heavy atom. The Bertz CT molecular complexity index is 1720. The molecule has 1 atom stereocenters. The molecular weight excluding hydrogens is 507 g/mol. The van der Waals surface area contributed by atoms with Crippen LogP contribution in [0.3, 0.4) is 0 Å². The molecule has 9 heteroatoms. The minimum atomic E-state index is -0.896. The lowest BCUT2D eigenvalue weighted by molar-refractivity contribution is -0.138. The predicted molar refractivity (Wildman–Crippen MR) is 142 cm³/mol. The summed E-state index contributed by atoms with van der Waals surface area (Å²) in [6.07, 6.45) is 1.64. The van der Waals surface area contributed by atoms with Crippen molar-refractivity contribution in [3.05, 3.63) is 121 Å². The smallest absolute Gasteiger partial charge is 0.338 e. The number of rotatable bonds is 6. The SMILES string of the molecule is CCOC(=O)C1=C(c2ccccc2)N=c2s/c(=C\c3ccc(OC)c(O)c3)c(=O)n2[C@@H]1c1ccc(F)cc1. The Morgan fingerprint density at radius 2 is 1.87 bits per heavy atom. The van der Waals surface area contributed by atoms with Gasteiger partial charge < -0.3 is 14.6 Å². The number of hydrogen-bond acceptors (Lipinski definition) is 7. The third kappa shape index (κ3) is 4.64. The van der Waals surface area contributed by atoms with Crippen molar-refractivity contribution in [1.82, 2.24) is 4.57 Å². The van der Waals surface area contributed by atoms with Gasteiger partial charge in [-0.05, 0) is 48.4 Å². The maximum atomic E-state index is 13.9. The molecular formula is C29H23FN2O5S. The van der Waals surface area contributed by atoms with E-state index in [1.165, 1.54) is 29.9 Å². The largest absolute Gasteiger partial charge is 0.504 e. The Hall–Kier alpha value is -4.50. The van der Waals surface area contributed by atoms with Gasteiger partial charge in [0.1, 0.15) is 5.82 Å². The number of thiazole rings is 1. The highest BCUT2D eigenvalue weighted by Gasteiger charge is 2.35. The lowest BCUT2D eigenvalue weighted by Gasteiger charge is -2.25. The van der Waals surface area contributed by atoms with Crippen LogP contribution in [0.1, 0.15) is 29.7 Å². The second-order valence-corrected chi connectivity index (χ2v) is 9.42. The Kier molecular flexibility index (Phi) is 6.93. The number of carbonyl (C=O) groups excluding carboxylic acids is 1. The quantitative estimate of drug-likeness (QED) is 0.383. The van der Waals surface area contributed by atoms with Crippen molar-refractivity contribution in [1.29, 1.82) is 0 Å². The first-order chi connectivity index (χ1) is 18.4. The molecule has 7 nitrogen and oxygen atoms in total. The van der Waals surface area contributed by atoms with E-state index < -0.39 is 17.8 Å². The topological polar surface area (TPSA) is 90.1 Å². The van der Waals surface area contributed by atoms with Crippen molar-refractivity contribution >= 4 is 29.1 Å². The summed E-state index contributed by atoms with van der Waals surface area (Å²) in [5.74, 6) is -0.801. The zero-order valence-corrected chi connectivity index (χ0v) is 21.4. The van der Waals surface area contributed by atoms with Crippen molar-refractivity contribution < 1.29 is 23.8 Å². The molecule has 5 rings (SSSR count). The van der Waals surface area contributed by atoms with Gasteiger partial charge in [0, 0.05) is 5.56 Å². The summed E-state index contributed by atoms with van der Waals surface area (Å²) in [6, 6.07) is 18.8. The maximum absolute atomic E-state index is 13.9. The van der Waals surface area contributed by atoms with Crippen LogP contribution in [0, 0.1) is 5.82 Å². The molecule has 1 N–H and O–H groups in total. The van der Waals surface area contributed by atoms with Gasteiger partial charge in [0.05, 0.1) is 35.6 Å². The fourth-order valence-corrected chi connectivity index (χ4v) is 5.35. The molecule has 0 fully saturated rings. The number of carbonyl (C=O) groups is 1. The Labute approximate surface area is 221 Å². The summed E-state index contributed by atoms with van der Waals surface area (Å²) in [6.45, 7) is 1.83. The summed E-state index contributed by atoms with van der Waals surface area (Å²) < 4.78 is 26.2. The van der Waals surface area contributed by atoms with Gasteiger partial charge in [0.2, 0.25) is 0 Å². The van der Waals surface area contributed by atoms with Crippen LogP contribution in [0.5, 0.6) is 11.5 Å². The Morgan fingerprint density at radius 1 is 1.13 bits per heavy atom. The highest BCUT2D eigenvalue weighted by Crippen LogP contribution is 2.35. The number of fused-ring (bicyclic) bond motifs is 1. The van der Waals surface area contributed by atoms with E-state index in [1.807, 2.05) is 30.3 Å². The fraction of sp³-hybridized carbons (Fsp3) is 0.138. The van der Waals surface area contributed by atoms with Crippen LogP contribution in [-0.2, 0) is 9.53 Å². The maximum Gasteiger partial charge on any atom is 0.338 e. The van der Waals surface area contributed by atoms with Crippen LogP contribution in [-0.4, -0.2) is 29.4 Å². The monoisotopic (exact) mass is 530 g/mol. The number of phenolic OH excluding ortho intramolecular Hbond substituents is 1. The van der Waals surface area contributed by atoms with Gasteiger partial charge >= 0.3 is 5.97 Å². The number of ether oxygens (including phenoxy) is 2. The molecule has 0 spiro atoms. The summed E-state index contributed by atoms with van der Waals surface area (Å²) in [5.41, 5.74) is 1.99. The van der Waals surface area contributed by atoms with E-state index in [1.54, 1.807) is 37.3 Å². The second-order valence-electron chi connectivity index (χ2n) is 8.41. The van der Waals surface area contributed by atoms with Gasteiger partial charge in [0.15, 0.2) is 16.3 Å². The van der Waals surface area contributed by atoms with E-state index in [0.717, 1.165) is 11.3 Å². The molecule has 0 amide bonds. The molecule has 4 aromatic rings. The van der Waals surface area contributed by atoms with E-state index >= 15 is 0 Å². The number of esters is 1.